The van der Waals surface area contributed by atoms with Crippen LogP contribution in [0, 0.1) is 11.8 Å². The molecule has 2 amide bonds. The second-order valence-electron chi connectivity index (χ2n) is 6.53. The highest BCUT2D eigenvalue weighted by Gasteiger charge is 2.35. The van der Waals surface area contributed by atoms with Gasteiger partial charge in [0.1, 0.15) is 0 Å². The van der Waals surface area contributed by atoms with E-state index < -0.39 is 17.8 Å². The van der Waals surface area contributed by atoms with E-state index in [2.05, 4.69) is 10.6 Å². The number of rotatable bonds is 5. The van der Waals surface area contributed by atoms with E-state index in [0.29, 0.717) is 24.1 Å². The average Bonchev–Trinajstić information content (AvgIpc) is 2.54. The van der Waals surface area contributed by atoms with Crippen LogP contribution in [0.25, 0.3) is 0 Å². The molecule has 0 saturated heterocycles. The van der Waals surface area contributed by atoms with Gasteiger partial charge in [-0.25, -0.2) is 0 Å². The van der Waals surface area contributed by atoms with Crippen molar-refractivity contribution in [1.82, 2.24) is 5.32 Å². The van der Waals surface area contributed by atoms with Gasteiger partial charge < -0.3 is 15.7 Å². The Balaban J connectivity index is 2.08. The molecular weight excluding hydrogens is 308 g/mol. The normalized spacial score (nSPS) is 20.5. The molecule has 1 saturated carbocycles. The summed E-state index contributed by atoms with van der Waals surface area (Å²) in [6, 6.07) is 6.69. The van der Waals surface area contributed by atoms with Gasteiger partial charge in [-0.2, -0.15) is 0 Å². The molecule has 2 rings (SSSR count). The lowest BCUT2D eigenvalue weighted by Crippen LogP contribution is -2.36. The number of nitrogens with one attached hydrogen (secondary N) is 2. The molecule has 0 aliphatic heterocycles. The Morgan fingerprint density at radius 3 is 2.42 bits per heavy atom. The number of carbonyl (C=O) groups excluding carboxylic acids is 2. The molecule has 6 nitrogen and oxygen atoms in total. The third-order valence-electron chi connectivity index (χ3n) is 4.23. The highest BCUT2D eigenvalue weighted by atomic mass is 16.4. The van der Waals surface area contributed by atoms with Gasteiger partial charge in [-0.3, -0.25) is 14.4 Å². The van der Waals surface area contributed by atoms with Crippen molar-refractivity contribution in [2.24, 2.45) is 11.8 Å². The standard InChI is InChI=1S/C18H24N2O4/c1-11(2)19-16(21)12-6-5-7-13(10-12)20-17(22)14-8-3-4-9-15(14)18(23)24/h5-7,10-11,14-15H,3-4,8-9H2,1-2H3,(H,19,21)(H,20,22)(H,23,24)/t14-,15-/m1/s1. The van der Waals surface area contributed by atoms with Crippen LogP contribution in [-0.2, 0) is 9.59 Å². The number of anilines is 1. The predicted molar refractivity (Wildman–Crippen MR) is 90.8 cm³/mol. The first kappa shape index (κ1) is 18.0. The SMILES string of the molecule is CC(C)NC(=O)c1cccc(NC(=O)[C@@H]2CCCC[C@H]2C(=O)O)c1. The Bertz CT molecular complexity index is 627. The molecule has 130 valence electrons. The highest BCUT2D eigenvalue weighted by Crippen LogP contribution is 2.31. The van der Waals surface area contributed by atoms with E-state index in [1.807, 2.05) is 13.8 Å². The van der Waals surface area contributed by atoms with Crippen molar-refractivity contribution in [3.63, 3.8) is 0 Å². The van der Waals surface area contributed by atoms with Crippen molar-refractivity contribution in [3.05, 3.63) is 29.8 Å². The molecule has 6 heteroatoms. The van der Waals surface area contributed by atoms with E-state index in [1.54, 1.807) is 24.3 Å². The van der Waals surface area contributed by atoms with Crippen molar-refractivity contribution in [3.8, 4) is 0 Å². The van der Waals surface area contributed by atoms with Crippen molar-refractivity contribution >= 4 is 23.5 Å². The van der Waals surface area contributed by atoms with Gasteiger partial charge in [-0.15, -0.1) is 0 Å². The summed E-state index contributed by atoms with van der Waals surface area (Å²) in [5, 5.41) is 14.8. The van der Waals surface area contributed by atoms with Gasteiger partial charge in [-0.1, -0.05) is 18.9 Å². The minimum absolute atomic E-state index is 0.0225. The van der Waals surface area contributed by atoms with Crippen LogP contribution >= 0.6 is 0 Å². The Morgan fingerprint density at radius 1 is 1.12 bits per heavy atom. The van der Waals surface area contributed by atoms with E-state index in [-0.39, 0.29) is 17.9 Å². The van der Waals surface area contributed by atoms with Crippen molar-refractivity contribution in [2.45, 2.75) is 45.6 Å². The number of carboxylic acid groups (broad SMARTS) is 1. The van der Waals surface area contributed by atoms with Gasteiger partial charge in [0, 0.05) is 17.3 Å². The van der Waals surface area contributed by atoms with Gasteiger partial charge in [-0.05, 0) is 44.9 Å². The maximum atomic E-state index is 12.5. The minimum Gasteiger partial charge on any atom is -0.481 e. The van der Waals surface area contributed by atoms with E-state index >= 15 is 0 Å². The number of benzene rings is 1. The summed E-state index contributed by atoms with van der Waals surface area (Å²) in [7, 11) is 0. The van der Waals surface area contributed by atoms with E-state index in [0.717, 1.165) is 12.8 Å². The van der Waals surface area contributed by atoms with E-state index in [4.69, 9.17) is 0 Å². The number of carbonyl (C=O) groups is 3. The zero-order chi connectivity index (χ0) is 17.7. The summed E-state index contributed by atoms with van der Waals surface area (Å²) in [5.74, 6) is -2.57. The van der Waals surface area contributed by atoms with Crippen molar-refractivity contribution in [1.29, 1.82) is 0 Å². The number of aliphatic carboxylic acids is 1. The quantitative estimate of drug-likeness (QED) is 0.772. The molecule has 0 heterocycles. The molecule has 0 radical (unpaired) electrons. The monoisotopic (exact) mass is 332 g/mol. The topological polar surface area (TPSA) is 95.5 Å². The first-order valence-corrected chi connectivity index (χ1v) is 8.33. The molecule has 1 aromatic carbocycles. The zero-order valence-electron chi connectivity index (χ0n) is 14.0. The maximum absolute atomic E-state index is 12.5. The average molecular weight is 332 g/mol. The third kappa shape index (κ3) is 4.57. The highest BCUT2D eigenvalue weighted by molar-refractivity contribution is 5.98. The molecule has 0 unspecified atom stereocenters. The summed E-state index contributed by atoms with van der Waals surface area (Å²) in [6.07, 6.45) is 2.81. The zero-order valence-corrected chi connectivity index (χ0v) is 14.0. The van der Waals surface area contributed by atoms with Gasteiger partial charge in [0.15, 0.2) is 0 Å². The van der Waals surface area contributed by atoms with Gasteiger partial charge in [0.05, 0.1) is 11.8 Å². The van der Waals surface area contributed by atoms with Crippen molar-refractivity contribution in [2.75, 3.05) is 5.32 Å². The lowest BCUT2D eigenvalue weighted by atomic mass is 9.78. The van der Waals surface area contributed by atoms with Crippen LogP contribution in [0.2, 0.25) is 0 Å². The number of hydrogen-bond donors (Lipinski definition) is 3. The van der Waals surface area contributed by atoms with Crippen LogP contribution in [0.5, 0.6) is 0 Å². The summed E-state index contributed by atoms with van der Waals surface area (Å²) in [6.45, 7) is 3.75. The molecule has 1 aliphatic rings. The number of hydrogen-bond acceptors (Lipinski definition) is 3. The molecule has 0 aromatic heterocycles. The summed E-state index contributed by atoms with van der Waals surface area (Å²) in [4.78, 5) is 35.8. The fraction of sp³-hybridized carbons (Fsp3) is 0.500. The van der Waals surface area contributed by atoms with Crippen LogP contribution in [-0.4, -0.2) is 28.9 Å². The molecule has 2 atom stereocenters. The fourth-order valence-electron chi connectivity index (χ4n) is 3.06. The Labute approximate surface area is 141 Å². The van der Waals surface area contributed by atoms with Gasteiger partial charge in [0.25, 0.3) is 5.91 Å². The Hall–Kier alpha value is -2.37. The largest absolute Gasteiger partial charge is 0.481 e. The molecule has 0 bridgehead atoms. The summed E-state index contributed by atoms with van der Waals surface area (Å²) in [5.41, 5.74) is 0.964. The molecule has 1 fully saturated rings. The van der Waals surface area contributed by atoms with Crippen molar-refractivity contribution < 1.29 is 19.5 Å². The molecule has 1 aromatic rings. The predicted octanol–water partition coefficient (Wildman–Crippen LogP) is 2.65. The summed E-state index contributed by atoms with van der Waals surface area (Å²) >= 11 is 0. The van der Waals surface area contributed by atoms with Crippen LogP contribution in [0.4, 0.5) is 5.69 Å². The van der Waals surface area contributed by atoms with E-state index in [1.165, 1.54) is 0 Å². The lowest BCUT2D eigenvalue weighted by Gasteiger charge is -2.27. The number of amides is 2. The second-order valence-corrected chi connectivity index (χ2v) is 6.53. The molecule has 0 spiro atoms. The fourth-order valence-corrected chi connectivity index (χ4v) is 3.06. The minimum atomic E-state index is -0.917. The smallest absolute Gasteiger partial charge is 0.307 e. The van der Waals surface area contributed by atoms with Gasteiger partial charge in [0.2, 0.25) is 5.91 Å². The van der Waals surface area contributed by atoms with Crippen LogP contribution in [0.15, 0.2) is 24.3 Å². The number of carboxylic acids is 1. The molecule has 24 heavy (non-hydrogen) atoms. The second kappa shape index (κ2) is 7.95. The molecular formula is C18H24N2O4. The Kier molecular flexibility index (Phi) is 5.95. The third-order valence-corrected chi connectivity index (χ3v) is 4.23. The lowest BCUT2D eigenvalue weighted by molar-refractivity contribution is -0.147. The van der Waals surface area contributed by atoms with Crippen LogP contribution < -0.4 is 10.6 Å². The van der Waals surface area contributed by atoms with E-state index in [9.17, 15) is 19.5 Å². The maximum Gasteiger partial charge on any atom is 0.307 e. The summed E-state index contributed by atoms with van der Waals surface area (Å²) < 4.78 is 0. The first-order valence-electron chi connectivity index (χ1n) is 8.33. The first-order chi connectivity index (χ1) is 11.4. The molecule has 1 aliphatic carbocycles. The van der Waals surface area contributed by atoms with Crippen LogP contribution in [0.1, 0.15) is 49.9 Å². The van der Waals surface area contributed by atoms with Gasteiger partial charge >= 0.3 is 5.97 Å². The Morgan fingerprint density at radius 2 is 1.79 bits per heavy atom. The van der Waals surface area contributed by atoms with Crippen LogP contribution in [0.3, 0.4) is 0 Å². The molecule has 3 N–H and O–H groups in total.